The van der Waals surface area contributed by atoms with Gasteiger partial charge in [-0.3, -0.25) is 9.59 Å². The van der Waals surface area contributed by atoms with Gasteiger partial charge in [-0.15, -0.1) is 0 Å². The van der Waals surface area contributed by atoms with Gasteiger partial charge in [0.15, 0.2) is 6.29 Å². The Bertz CT molecular complexity index is 1130. The van der Waals surface area contributed by atoms with E-state index in [9.17, 15) is 30.0 Å². The number of carbonyl (C=O) groups is 2. The molecule has 0 aromatic heterocycles. The summed E-state index contributed by atoms with van der Waals surface area (Å²) >= 11 is 0. The van der Waals surface area contributed by atoms with Crippen LogP contribution in [-0.2, 0) is 19.1 Å². The average molecular weight is 633 g/mol. The Labute approximate surface area is 270 Å². The van der Waals surface area contributed by atoms with Gasteiger partial charge in [-0.25, -0.2) is 0 Å². The van der Waals surface area contributed by atoms with Crippen LogP contribution in [0.2, 0.25) is 0 Å². The summed E-state index contributed by atoms with van der Waals surface area (Å²) in [6.45, 7) is 15.5. The summed E-state index contributed by atoms with van der Waals surface area (Å²) in [5, 5.41) is 39.6. The Balaban J connectivity index is 1.18. The second-order valence-electron chi connectivity index (χ2n) is 17.2. The molecule has 1 heterocycles. The lowest BCUT2D eigenvalue weighted by Crippen LogP contribution is -2.59. The molecule has 4 N–H and O–H groups in total. The fourth-order valence-electron chi connectivity index (χ4n) is 10.4. The van der Waals surface area contributed by atoms with Gasteiger partial charge in [0, 0.05) is 24.7 Å². The van der Waals surface area contributed by atoms with Crippen LogP contribution in [0, 0.1) is 57.7 Å². The monoisotopic (exact) mass is 632 g/mol. The molecule has 4 fully saturated rings. The van der Waals surface area contributed by atoms with Crippen LogP contribution in [0.5, 0.6) is 0 Å². The third-order valence-corrected chi connectivity index (χ3v) is 13.5. The van der Waals surface area contributed by atoms with Gasteiger partial charge in [-0.2, -0.15) is 0 Å². The summed E-state index contributed by atoms with van der Waals surface area (Å²) in [5.41, 5.74) is 2.10. The molecule has 0 amide bonds. The molecule has 14 atom stereocenters. The number of hydrogen-bond donors (Lipinski definition) is 4. The van der Waals surface area contributed by atoms with E-state index in [-0.39, 0.29) is 46.8 Å². The van der Waals surface area contributed by atoms with E-state index < -0.39 is 37.3 Å². The van der Waals surface area contributed by atoms with Gasteiger partial charge in [-0.05, 0) is 90.8 Å². The number of aliphatic hydroxyl groups excluding tert-OH is 4. The second-order valence-corrected chi connectivity index (χ2v) is 17.2. The molecule has 4 unspecified atom stereocenters. The van der Waals surface area contributed by atoms with Crippen LogP contribution < -0.4 is 0 Å². The maximum atomic E-state index is 13.7. The second kappa shape index (κ2) is 13.0. The highest BCUT2D eigenvalue weighted by Gasteiger charge is 2.62. The number of carbonyl (C=O) groups excluding carboxylic acids is 2. The van der Waals surface area contributed by atoms with Gasteiger partial charge in [0.25, 0.3) is 0 Å². The van der Waals surface area contributed by atoms with E-state index in [4.69, 9.17) is 9.47 Å². The summed E-state index contributed by atoms with van der Waals surface area (Å²) in [7, 11) is 0. The molecule has 5 rings (SSSR count). The molecule has 3 saturated carbocycles. The van der Waals surface area contributed by atoms with Crippen LogP contribution in [0.15, 0.2) is 11.6 Å². The molecule has 1 saturated heterocycles. The lowest BCUT2D eigenvalue weighted by molar-refractivity contribution is -0.303. The Morgan fingerprint density at radius 2 is 1.76 bits per heavy atom. The first kappa shape index (κ1) is 35.2. The van der Waals surface area contributed by atoms with Crippen molar-refractivity contribution >= 4 is 11.6 Å². The topological polar surface area (TPSA) is 134 Å². The zero-order valence-corrected chi connectivity index (χ0v) is 28.7. The Hall–Kier alpha value is -1.16. The fourth-order valence-corrected chi connectivity index (χ4v) is 10.4. The van der Waals surface area contributed by atoms with Crippen LogP contribution >= 0.6 is 0 Å². The van der Waals surface area contributed by atoms with Gasteiger partial charge >= 0.3 is 0 Å². The quantitative estimate of drug-likeness (QED) is 0.265. The third kappa shape index (κ3) is 6.38. The van der Waals surface area contributed by atoms with Crippen molar-refractivity contribution in [2.75, 3.05) is 13.2 Å². The smallest absolute Gasteiger partial charge is 0.186 e. The fraction of sp³-hybridized carbons (Fsp3) is 0.892. The van der Waals surface area contributed by atoms with E-state index in [2.05, 4.69) is 40.7 Å². The van der Waals surface area contributed by atoms with Crippen LogP contribution in [-0.4, -0.2) is 75.9 Å². The average Bonchev–Trinajstić information content (AvgIpc) is 3.26. The van der Waals surface area contributed by atoms with Crippen molar-refractivity contribution < 1.29 is 39.5 Å². The van der Waals surface area contributed by atoms with Crippen molar-refractivity contribution in [3.8, 4) is 0 Å². The molecule has 8 heteroatoms. The Morgan fingerprint density at radius 1 is 1.04 bits per heavy atom. The molecule has 0 radical (unpaired) electrons. The Kier molecular flexibility index (Phi) is 10.2. The molecule has 256 valence electrons. The first-order valence-electron chi connectivity index (χ1n) is 17.7. The number of allylic oxidation sites excluding steroid dienone is 2. The SMILES string of the molecule is C[C@H](CCC(=O)[C@@H](C)[C@H]1C(=O)C[C@H]2[C@@H]3CC=C4CC(C(C)(C)C)CC[C@]4(C)[C@H]3CC[C@]12C)CO[C@@H]1OC(CO)[C@@H](O)C(O)C1O. The standard InChI is InChI=1S/C37H60O8/c1-20(19-44-34-33(43)32(42)31(41)29(18-38)45-34)8-11-27(39)21(2)30-28(40)17-26-24-10-9-23-16-22(35(3,4)5)12-14-36(23,6)25(24)13-15-37(26,30)7/h9,20-22,24-26,29-34,38,41-43H,8,10-19H2,1-7H3/t20-,21-,22?,24-,25+,26+,29?,30+,31-,32?,33?,34-,36+,37+/m1/s1. The summed E-state index contributed by atoms with van der Waals surface area (Å²) in [6.07, 6.45) is 4.48. The molecule has 8 nitrogen and oxygen atoms in total. The van der Waals surface area contributed by atoms with Gasteiger partial charge in [-0.1, -0.05) is 60.1 Å². The van der Waals surface area contributed by atoms with Crippen molar-refractivity contribution in [2.45, 2.75) is 137 Å². The number of aliphatic hydroxyl groups is 4. The number of hydrogen-bond acceptors (Lipinski definition) is 8. The molecule has 0 spiro atoms. The van der Waals surface area contributed by atoms with Crippen LogP contribution in [0.1, 0.15) is 106 Å². The van der Waals surface area contributed by atoms with E-state index in [0.29, 0.717) is 42.4 Å². The molecule has 0 aromatic rings. The molecule has 4 aliphatic carbocycles. The third-order valence-electron chi connectivity index (χ3n) is 13.5. The highest BCUT2D eigenvalue weighted by Crippen LogP contribution is 2.67. The van der Waals surface area contributed by atoms with Crippen molar-refractivity contribution in [1.82, 2.24) is 0 Å². The Morgan fingerprint density at radius 3 is 2.42 bits per heavy atom. The van der Waals surface area contributed by atoms with E-state index in [1.54, 1.807) is 5.57 Å². The minimum atomic E-state index is -1.49. The van der Waals surface area contributed by atoms with E-state index in [1.807, 2.05) is 13.8 Å². The highest BCUT2D eigenvalue weighted by atomic mass is 16.7. The maximum Gasteiger partial charge on any atom is 0.186 e. The zero-order valence-electron chi connectivity index (χ0n) is 28.7. The predicted molar refractivity (Wildman–Crippen MR) is 171 cm³/mol. The first-order valence-corrected chi connectivity index (χ1v) is 17.7. The van der Waals surface area contributed by atoms with Gasteiger partial charge < -0.3 is 29.9 Å². The lowest BCUT2D eigenvalue weighted by atomic mass is 9.46. The molecule has 1 aliphatic heterocycles. The summed E-state index contributed by atoms with van der Waals surface area (Å²) in [4.78, 5) is 27.3. The van der Waals surface area contributed by atoms with Crippen molar-refractivity contribution in [1.29, 1.82) is 0 Å². The summed E-state index contributed by atoms with van der Waals surface area (Å²) in [5.74, 6) is 2.01. The minimum Gasteiger partial charge on any atom is -0.394 e. The number of Topliss-reactive ketones (excluding diaryl/α,β-unsaturated/α-hetero) is 2. The van der Waals surface area contributed by atoms with Gasteiger partial charge in [0.05, 0.1) is 13.2 Å². The molecule has 5 aliphatic rings. The minimum absolute atomic E-state index is 0.0380. The summed E-state index contributed by atoms with van der Waals surface area (Å²) in [6, 6.07) is 0. The van der Waals surface area contributed by atoms with Crippen molar-refractivity contribution in [2.24, 2.45) is 57.7 Å². The highest BCUT2D eigenvalue weighted by molar-refractivity contribution is 5.92. The van der Waals surface area contributed by atoms with E-state index in [0.717, 1.165) is 25.2 Å². The predicted octanol–water partition coefficient (Wildman–Crippen LogP) is 4.84. The van der Waals surface area contributed by atoms with Gasteiger partial charge in [0.1, 0.15) is 36.0 Å². The normalized spacial score (nSPS) is 44.8. The molecule has 0 aromatic carbocycles. The van der Waals surface area contributed by atoms with Crippen molar-refractivity contribution in [3.63, 3.8) is 0 Å². The van der Waals surface area contributed by atoms with Crippen LogP contribution in [0.25, 0.3) is 0 Å². The van der Waals surface area contributed by atoms with E-state index in [1.165, 1.54) is 19.3 Å². The maximum absolute atomic E-state index is 13.7. The van der Waals surface area contributed by atoms with Gasteiger partial charge in [0.2, 0.25) is 0 Å². The molecule has 0 bridgehead atoms. The van der Waals surface area contributed by atoms with E-state index >= 15 is 0 Å². The molecular weight excluding hydrogens is 572 g/mol. The molecule has 45 heavy (non-hydrogen) atoms. The summed E-state index contributed by atoms with van der Waals surface area (Å²) < 4.78 is 11.1. The van der Waals surface area contributed by atoms with Crippen LogP contribution in [0.4, 0.5) is 0 Å². The first-order chi connectivity index (χ1) is 21.0. The molecular formula is C37H60O8. The number of fused-ring (bicyclic) bond motifs is 5. The number of ketones is 2. The number of rotatable bonds is 9. The van der Waals surface area contributed by atoms with Crippen molar-refractivity contribution in [3.05, 3.63) is 11.6 Å². The zero-order chi connectivity index (χ0) is 33.1. The number of ether oxygens (including phenoxy) is 2. The largest absolute Gasteiger partial charge is 0.394 e. The van der Waals surface area contributed by atoms with Crippen LogP contribution in [0.3, 0.4) is 0 Å². The lowest BCUT2D eigenvalue weighted by Gasteiger charge is -2.59.